The molecule has 0 aromatic carbocycles. The van der Waals surface area contributed by atoms with Crippen molar-refractivity contribution in [3.05, 3.63) is 28.3 Å². The fourth-order valence-electron chi connectivity index (χ4n) is 0.954. The molecule has 0 bridgehead atoms. The lowest BCUT2D eigenvalue weighted by atomic mass is 10.1. The fraction of sp³-hybridized carbons (Fsp3) is 0.286. The van der Waals surface area contributed by atoms with Crippen LogP contribution in [0.2, 0.25) is 5.15 Å². The van der Waals surface area contributed by atoms with E-state index in [0.29, 0.717) is 0 Å². The summed E-state index contributed by atoms with van der Waals surface area (Å²) in [4.78, 5) is 2.63. The van der Waals surface area contributed by atoms with Gasteiger partial charge in [0.25, 0.3) is 6.43 Å². The van der Waals surface area contributed by atoms with Crippen LogP contribution in [0.4, 0.5) is 26.3 Å². The van der Waals surface area contributed by atoms with E-state index in [4.69, 9.17) is 11.6 Å². The average Bonchev–Trinajstić information content (AvgIpc) is 1.99. The molecule has 8 heteroatoms. The summed E-state index contributed by atoms with van der Waals surface area (Å²) in [7, 11) is 0. The van der Waals surface area contributed by atoms with Crippen molar-refractivity contribution in [2.45, 2.75) is 12.6 Å². The molecule has 0 aliphatic rings. The third kappa shape index (κ3) is 2.53. The van der Waals surface area contributed by atoms with Gasteiger partial charge in [0.15, 0.2) is 0 Å². The van der Waals surface area contributed by atoms with Crippen LogP contribution in [-0.4, -0.2) is 4.98 Å². The van der Waals surface area contributed by atoms with E-state index in [2.05, 4.69) is 4.98 Å². The zero-order valence-electron chi connectivity index (χ0n) is 6.75. The monoisotopic (exact) mass is 249 g/mol. The summed E-state index contributed by atoms with van der Waals surface area (Å²) < 4.78 is 73.5. The molecular weight excluding hydrogens is 248 g/mol. The maximum absolute atomic E-state index is 12.5. The van der Waals surface area contributed by atoms with Gasteiger partial charge >= 0.3 is 6.18 Å². The molecule has 0 saturated heterocycles. The van der Waals surface area contributed by atoms with Gasteiger partial charge in [-0.1, -0.05) is 11.6 Å². The van der Waals surface area contributed by atoms with Gasteiger partial charge < -0.3 is 0 Å². The Labute approximate surface area is 84.7 Å². The largest absolute Gasteiger partial charge is 0.419 e. The Kier molecular flexibility index (Phi) is 3.13. The second kappa shape index (κ2) is 3.88. The van der Waals surface area contributed by atoms with Crippen LogP contribution >= 0.6 is 11.6 Å². The molecule has 0 aliphatic heterocycles. The van der Waals surface area contributed by atoms with Crippen LogP contribution in [0.25, 0.3) is 0 Å². The van der Waals surface area contributed by atoms with Gasteiger partial charge in [-0.05, 0) is 0 Å². The number of hydrogen-bond donors (Lipinski definition) is 0. The van der Waals surface area contributed by atoms with Crippen molar-refractivity contribution in [3.63, 3.8) is 0 Å². The van der Waals surface area contributed by atoms with Gasteiger partial charge in [0, 0.05) is 11.6 Å². The van der Waals surface area contributed by atoms with Crippen molar-refractivity contribution in [1.29, 1.82) is 0 Å². The van der Waals surface area contributed by atoms with E-state index in [1.807, 2.05) is 0 Å². The summed E-state index contributed by atoms with van der Waals surface area (Å²) >= 11 is 4.96. The quantitative estimate of drug-likeness (QED) is 0.544. The van der Waals surface area contributed by atoms with Gasteiger partial charge in [-0.15, -0.1) is 0 Å². The predicted molar refractivity (Wildman–Crippen MR) is 39.2 cm³/mol. The topological polar surface area (TPSA) is 12.9 Å². The number of nitrogens with zero attached hydrogens (tertiary/aromatic N) is 1. The van der Waals surface area contributed by atoms with Crippen LogP contribution in [0.1, 0.15) is 17.6 Å². The van der Waals surface area contributed by atoms with Crippen LogP contribution in [0.3, 0.4) is 0 Å². The van der Waals surface area contributed by atoms with E-state index in [0.717, 1.165) is 0 Å². The van der Waals surface area contributed by atoms with Crippen LogP contribution in [-0.2, 0) is 6.18 Å². The molecule has 84 valence electrons. The second-order valence-corrected chi connectivity index (χ2v) is 2.86. The first kappa shape index (κ1) is 12.1. The second-order valence-electron chi connectivity index (χ2n) is 2.50. The summed E-state index contributed by atoms with van der Waals surface area (Å²) in [6.45, 7) is 0. The summed E-state index contributed by atoms with van der Waals surface area (Å²) in [6.07, 6.45) is -8.57. The molecule has 0 N–H and O–H groups in total. The first-order chi connectivity index (χ1) is 6.73. The molecule has 0 atom stereocenters. The first-order valence-corrected chi connectivity index (χ1v) is 3.82. The molecule has 1 aromatic rings. The smallest absolute Gasteiger partial charge is 0.207 e. The fourth-order valence-corrected chi connectivity index (χ4v) is 1.25. The summed E-state index contributed by atoms with van der Waals surface area (Å²) in [5, 5.41) is -1.32. The number of halogens is 7. The highest BCUT2D eigenvalue weighted by atomic mass is 35.5. The molecule has 0 fully saturated rings. The lowest BCUT2D eigenvalue weighted by Crippen LogP contribution is -2.12. The molecule has 1 nitrogen and oxygen atoms in total. The minimum Gasteiger partial charge on any atom is -0.207 e. The lowest BCUT2D eigenvalue weighted by Gasteiger charge is -2.13. The van der Waals surface area contributed by atoms with Crippen LogP contribution in [0, 0.1) is 5.95 Å². The van der Waals surface area contributed by atoms with Crippen molar-refractivity contribution in [2.24, 2.45) is 0 Å². The molecule has 1 rings (SSSR count). The number of pyridine rings is 1. The van der Waals surface area contributed by atoms with Crippen molar-refractivity contribution >= 4 is 11.6 Å². The Bertz CT molecular complexity index is 374. The van der Waals surface area contributed by atoms with Gasteiger partial charge in [-0.3, -0.25) is 0 Å². The molecule has 0 radical (unpaired) electrons. The Balaban J connectivity index is 3.48. The highest BCUT2D eigenvalue weighted by Crippen LogP contribution is 2.39. The van der Waals surface area contributed by atoms with Crippen LogP contribution in [0.5, 0.6) is 0 Å². The van der Waals surface area contributed by atoms with E-state index in [1.165, 1.54) is 0 Å². The summed E-state index contributed by atoms with van der Waals surface area (Å²) in [5.74, 6) is -1.48. The van der Waals surface area contributed by atoms with Crippen molar-refractivity contribution in [1.82, 2.24) is 4.98 Å². The van der Waals surface area contributed by atoms with E-state index in [9.17, 15) is 26.3 Å². The maximum atomic E-state index is 12.5. The molecule has 0 saturated carbocycles. The summed E-state index contributed by atoms with van der Waals surface area (Å²) in [6, 6.07) is 0.0133. The van der Waals surface area contributed by atoms with Gasteiger partial charge in [0.1, 0.15) is 10.7 Å². The number of hydrogen-bond acceptors (Lipinski definition) is 1. The predicted octanol–water partition coefficient (Wildman–Crippen LogP) is 3.83. The standard InChI is InChI=1S/C7H2ClF6N/c8-5-4(7(12,13)14)2(6(10)11)1-3(9)15-5/h1,6H. The number of rotatable bonds is 1. The van der Waals surface area contributed by atoms with Gasteiger partial charge in [-0.25, -0.2) is 13.8 Å². The zero-order chi connectivity index (χ0) is 11.8. The molecule has 1 aromatic heterocycles. The van der Waals surface area contributed by atoms with Crippen molar-refractivity contribution in [2.75, 3.05) is 0 Å². The van der Waals surface area contributed by atoms with E-state index in [-0.39, 0.29) is 6.07 Å². The molecule has 0 amide bonds. The Morgan fingerprint density at radius 3 is 2.20 bits per heavy atom. The molecule has 0 unspecified atom stereocenters. The van der Waals surface area contributed by atoms with Crippen LogP contribution in [0.15, 0.2) is 6.07 Å². The molecule has 0 spiro atoms. The highest BCUT2D eigenvalue weighted by Gasteiger charge is 2.39. The Morgan fingerprint density at radius 2 is 1.80 bits per heavy atom. The SMILES string of the molecule is Fc1cc(C(F)F)c(C(F)(F)F)c(Cl)n1. The minimum atomic E-state index is -5.09. The molecule has 1 heterocycles. The molecular formula is C7H2ClF6N. The van der Waals surface area contributed by atoms with Crippen molar-refractivity contribution in [3.8, 4) is 0 Å². The zero-order valence-corrected chi connectivity index (χ0v) is 7.50. The van der Waals surface area contributed by atoms with Gasteiger partial charge in [0.05, 0.1) is 0 Å². The third-order valence-electron chi connectivity index (χ3n) is 1.49. The first-order valence-electron chi connectivity index (χ1n) is 3.44. The van der Waals surface area contributed by atoms with Crippen LogP contribution < -0.4 is 0 Å². The van der Waals surface area contributed by atoms with E-state index in [1.54, 1.807) is 0 Å². The Morgan fingerprint density at radius 1 is 1.27 bits per heavy atom. The average molecular weight is 250 g/mol. The van der Waals surface area contributed by atoms with E-state index >= 15 is 0 Å². The number of alkyl halides is 5. The van der Waals surface area contributed by atoms with Gasteiger partial charge in [-0.2, -0.15) is 17.6 Å². The third-order valence-corrected chi connectivity index (χ3v) is 1.77. The highest BCUT2D eigenvalue weighted by molar-refractivity contribution is 6.30. The lowest BCUT2D eigenvalue weighted by molar-refractivity contribution is -0.139. The Hall–Kier alpha value is -0.980. The summed E-state index contributed by atoms with van der Waals surface area (Å²) in [5.41, 5.74) is -3.32. The maximum Gasteiger partial charge on any atom is 0.419 e. The minimum absolute atomic E-state index is 0.0133. The van der Waals surface area contributed by atoms with Gasteiger partial charge in [0.2, 0.25) is 5.95 Å². The van der Waals surface area contributed by atoms with Crippen molar-refractivity contribution < 1.29 is 26.3 Å². The van der Waals surface area contributed by atoms with E-state index < -0.39 is 34.8 Å². The molecule has 0 aliphatic carbocycles. The number of aromatic nitrogens is 1. The molecule has 15 heavy (non-hydrogen) atoms. The normalized spacial score (nSPS) is 12.3.